The van der Waals surface area contributed by atoms with Crippen molar-refractivity contribution in [1.29, 1.82) is 0 Å². The van der Waals surface area contributed by atoms with Crippen LogP contribution in [-0.4, -0.2) is 14.8 Å². The molecule has 0 saturated carbocycles. The van der Waals surface area contributed by atoms with E-state index in [1.165, 1.54) is 4.88 Å². The van der Waals surface area contributed by atoms with Gasteiger partial charge in [-0.1, -0.05) is 6.07 Å². The van der Waals surface area contributed by atoms with Crippen molar-refractivity contribution in [3.05, 3.63) is 34.0 Å². The molecule has 0 saturated heterocycles. The highest BCUT2D eigenvalue weighted by molar-refractivity contribution is 7.09. The van der Waals surface area contributed by atoms with Gasteiger partial charge in [-0.3, -0.25) is 0 Å². The van der Waals surface area contributed by atoms with Gasteiger partial charge >= 0.3 is 0 Å². The molecule has 0 amide bonds. The van der Waals surface area contributed by atoms with Crippen molar-refractivity contribution < 1.29 is 0 Å². The van der Waals surface area contributed by atoms with Crippen molar-refractivity contribution in [3.63, 3.8) is 0 Å². The maximum Gasteiger partial charge on any atom is 0.224 e. The third-order valence-corrected chi connectivity index (χ3v) is 2.98. The minimum Gasteiger partial charge on any atom is -0.304 e. The summed E-state index contributed by atoms with van der Waals surface area (Å²) in [6, 6.07) is 4.16. The normalized spacial score (nSPS) is 10.5. The molecule has 2 heterocycles. The Kier molecular flexibility index (Phi) is 2.61. The van der Waals surface area contributed by atoms with Gasteiger partial charge in [0.25, 0.3) is 0 Å². The minimum absolute atomic E-state index is 0.455. The molecule has 0 unspecified atom stereocenters. The second kappa shape index (κ2) is 3.89. The Labute approximate surface area is 85.0 Å². The lowest BCUT2D eigenvalue weighted by molar-refractivity contribution is 0.700. The molecule has 0 aromatic carbocycles. The van der Waals surface area contributed by atoms with E-state index in [4.69, 9.17) is 11.6 Å². The lowest BCUT2D eigenvalue weighted by atomic mass is 10.3. The first-order valence-corrected chi connectivity index (χ1v) is 5.18. The van der Waals surface area contributed by atoms with Gasteiger partial charge in [-0.05, 0) is 29.5 Å². The summed E-state index contributed by atoms with van der Waals surface area (Å²) in [5.74, 6) is 0. The van der Waals surface area contributed by atoms with E-state index >= 15 is 0 Å². The summed E-state index contributed by atoms with van der Waals surface area (Å²) in [7, 11) is 0. The number of rotatable bonds is 3. The van der Waals surface area contributed by atoms with Crippen molar-refractivity contribution in [2.24, 2.45) is 0 Å². The van der Waals surface area contributed by atoms with Gasteiger partial charge in [-0.25, -0.2) is 0 Å². The zero-order valence-electron chi connectivity index (χ0n) is 6.85. The molecule has 2 aromatic rings. The fraction of sp³-hybridized carbons (Fsp3) is 0.250. The standard InChI is InChI=1S/C8H8ClN3S/c9-8-11-10-6-12(8)4-3-7-2-1-5-13-7/h1-2,5-6H,3-4H2. The molecule has 2 rings (SSSR count). The van der Waals surface area contributed by atoms with E-state index in [-0.39, 0.29) is 0 Å². The number of hydrogen-bond donors (Lipinski definition) is 0. The van der Waals surface area contributed by atoms with Crippen molar-refractivity contribution in [2.75, 3.05) is 0 Å². The molecule has 0 aliphatic carbocycles. The Balaban J connectivity index is 1.97. The van der Waals surface area contributed by atoms with E-state index < -0.39 is 0 Å². The SMILES string of the molecule is Clc1nncn1CCc1cccs1. The Morgan fingerprint density at radius 1 is 1.54 bits per heavy atom. The Bertz CT molecular complexity index is 368. The Morgan fingerprint density at radius 3 is 3.08 bits per heavy atom. The zero-order chi connectivity index (χ0) is 9.10. The summed E-state index contributed by atoms with van der Waals surface area (Å²) < 4.78 is 1.83. The van der Waals surface area contributed by atoms with E-state index in [1.807, 2.05) is 10.6 Å². The van der Waals surface area contributed by atoms with E-state index in [1.54, 1.807) is 17.7 Å². The van der Waals surface area contributed by atoms with Crippen LogP contribution in [0.2, 0.25) is 5.28 Å². The zero-order valence-corrected chi connectivity index (χ0v) is 8.42. The molecular formula is C8H8ClN3S. The van der Waals surface area contributed by atoms with Crippen LogP contribution in [-0.2, 0) is 13.0 Å². The van der Waals surface area contributed by atoms with Crippen LogP contribution in [0.5, 0.6) is 0 Å². The molecule has 0 N–H and O–H groups in total. The van der Waals surface area contributed by atoms with Crippen LogP contribution in [0.15, 0.2) is 23.8 Å². The quantitative estimate of drug-likeness (QED) is 0.783. The van der Waals surface area contributed by atoms with Crippen molar-refractivity contribution in [3.8, 4) is 0 Å². The summed E-state index contributed by atoms with van der Waals surface area (Å²) >= 11 is 7.53. The van der Waals surface area contributed by atoms with E-state index in [0.717, 1.165) is 13.0 Å². The smallest absolute Gasteiger partial charge is 0.224 e. The molecule has 3 nitrogen and oxygen atoms in total. The molecule has 0 aliphatic heterocycles. The molecule has 68 valence electrons. The predicted molar refractivity (Wildman–Crippen MR) is 53.1 cm³/mol. The lowest BCUT2D eigenvalue weighted by Gasteiger charge is -1.99. The van der Waals surface area contributed by atoms with Gasteiger partial charge in [0.05, 0.1) is 0 Å². The highest BCUT2D eigenvalue weighted by Crippen LogP contribution is 2.11. The van der Waals surface area contributed by atoms with Crippen molar-refractivity contribution in [2.45, 2.75) is 13.0 Å². The molecule has 0 aliphatic rings. The fourth-order valence-electron chi connectivity index (χ4n) is 1.08. The van der Waals surface area contributed by atoms with Gasteiger partial charge in [0.2, 0.25) is 5.28 Å². The van der Waals surface area contributed by atoms with Crippen LogP contribution in [0.25, 0.3) is 0 Å². The first kappa shape index (κ1) is 8.72. The van der Waals surface area contributed by atoms with E-state index in [2.05, 4.69) is 21.6 Å². The summed E-state index contributed by atoms with van der Waals surface area (Å²) in [5.41, 5.74) is 0. The van der Waals surface area contributed by atoms with Gasteiger partial charge < -0.3 is 4.57 Å². The topological polar surface area (TPSA) is 30.7 Å². The highest BCUT2D eigenvalue weighted by Gasteiger charge is 2.00. The number of halogens is 1. The van der Waals surface area contributed by atoms with E-state index in [0.29, 0.717) is 5.28 Å². The van der Waals surface area contributed by atoms with E-state index in [9.17, 15) is 0 Å². The van der Waals surface area contributed by atoms with Crippen LogP contribution < -0.4 is 0 Å². The van der Waals surface area contributed by atoms with Crippen LogP contribution in [0.4, 0.5) is 0 Å². The van der Waals surface area contributed by atoms with Gasteiger partial charge in [0.1, 0.15) is 6.33 Å². The van der Waals surface area contributed by atoms with Crippen LogP contribution in [0.1, 0.15) is 4.88 Å². The molecule has 0 radical (unpaired) electrons. The third kappa shape index (κ3) is 2.08. The van der Waals surface area contributed by atoms with Crippen LogP contribution in [0.3, 0.4) is 0 Å². The average molecular weight is 214 g/mol. The fourth-order valence-corrected chi connectivity index (χ4v) is 1.95. The number of aromatic nitrogens is 3. The maximum absolute atomic E-state index is 5.77. The van der Waals surface area contributed by atoms with Crippen LogP contribution in [0, 0.1) is 0 Å². The average Bonchev–Trinajstić information content (AvgIpc) is 2.72. The molecule has 13 heavy (non-hydrogen) atoms. The summed E-state index contributed by atoms with van der Waals surface area (Å²) in [6.07, 6.45) is 2.63. The molecular weight excluding hydrogens is 206 g/mol. The monoisotopic (exact) mass is 213 g/mol. The molecule has 0 atom stereocenters. The number of aryl methyl sites for hydroxylation is 2. The summed E-state index contributed by atoms with van der Waals surface area (Å²) in [5, 5.41) is 9.93. The Hall–Kier alpha value is -0.870. The van der Waals surface area contributed by atoms with Crippen LogP contribution >= 0.6 is 22.9 Å². The number of thiophene rings is 1. The van der Waals surface area contributed by atoms with Gasteiger partial charge in [0, 0.05) is 11.4 Å². The minimum atomic E-state index is 0.455. The molecule has 2 aromatic heterocycles. The van der Waals surface area contributed by atoms with Crippen molar-refractivity contribution in [1.82, 2.24) is 14.8 Å². The first-order chi connectivity index (χ1) is 6.36. The largest absolute Gasteiger partial charge is 0.304 e. The molecule has 5 heteroatoms. The van der Waals surface area contributed by atoms with Crippen molar-refractivity contribution >= 4 is 22.9 Å². The molecule has 0 fully saturated rings. The maximum atomic E-state index is 5.77. The summed E-state index contributed by atoms with van der Waals surface area (Å²) in [4.78, 5) is 1.35. The van der Waals surface area contributed by atoms with Gasteiger partial charge in [0.15, 0.2) is 0 Å². The Morgan fingerprint density at radius 2 is 2.46 bits per heavy atom. The first-order valence-electron chi connectivity index (χ1n) is 3.92. The molecule has 0 bridgehead atoms. The second-order valence-corrected chi connectivity index (χ2v) is 3.99. The lowest BCUT2D eigenvalue weighted by Crippen LogP contribution is -1.98. The second-order valence-electron chi connectivity index (χ2n) is 2.62. The van der Waals surface area contributed by atoms with Gasteiger partial charge in [-0.15, -0.1) is 21.5 Å². The highest BCUT2D eigenvalue weighted by atomic mass is 35.5. The van der Waals surface area contributed by atoms with Gasteiger partial charge in [-0.2, -0.15) is 0 Å². The molecule has 0 spiro atoms. The third-order valence-electron chi connectivity index (χ3n) is 1.75. The number of nitrogens with zero attached hydrogens (tertiary/aromatic N) is 3. The predicted octanol–water partition coefficient (Wildman–Crippen LogP) is 2.24. The summed E-state index contributed by atoms with van der Waals surface area (Å²) in [6.45, 7) is 0.840. The number of hydrogen-bond acceptors (Lipinski definition) is 3.